The number of fused-ring (bicyclic) bond motifs is 1. The highest BCUT2D eigenvalue weighted by Gasteiger charge is 2.24. The van der Waals surface area contributed by atoms with Gasteiger partial charge < -0.3 is 13.7 Å². The molecule has 0 atom stereocenters. The van der Waals surface area contributed by atoms with Gasteiger partial charge in [-0.2, -0.15) is 0 Å². The van der Waals surface area contributed by atoms with E-state index in [0.717, 1.165) is 27.7 Å². The normalized spacial score (nSPS) is 11.1. The fourth-order valence-corrected chi connectivity index (χ4v) is 3.41. The number of carbonyl (C=O) groups excluding carboxylic acids is 1. The number of amides is 1. The lowest BCUT2D eigenvalue weighted by molar-refractivity contribution is 0.0686. The van der Waals surface area contributed by atoms with Crippen molar-refractivity contribution in [1.82, 2.24) is 4.90 Å². The summed E-state index contributed by atoms with van der Waals surface area (Å²) in [6.45, 7) is 4.69. The SMILES string of the molecule is Cc1ccc2c(C)c(C(=O)N(Cc3ccc(Cl)cc3)Cc3ccco3)oc2c1. The van der Waals surface area contributed by atoms with Crippen LogP contribution in [0.3, 0.4) is 0 Å². The van der Waals surface area contributed by atoms with E-state index >= 15 is 0 Å². The van der Waals surface area contributed by atoms with Gasteiger partial charge in [-0.05, 0) is 55.3 Å². The number of hydrogen-bond donors (Lipinski definition) is 0. The van der Waals surface area contributed by atoms with Crippen molar-refractivity contribution in [2.45, 2.75) is 26.9 Å². The Kier molecular flexibility index (Phi) is 4.97. The van der Waals surface area contributed by atoms with Gasteiger partial charge in [-0.1, -0.05) is 35.9 Å². The van der Waals surface area contributed by atoms with Crippen LogP contribution in [0.4, 0.5) is 0 Å². The monoisotopic (exact) mass is 393 g/mol. The van der Waals surface area contributed by atoms with E-state index in [0.29, 0.717) is 29.6 Å². The van der Waals surface area contributed by atoms with E-state index in [1.54, 1.807) is 11.2 Å². The zero-order valence-corrected chi connectivity index (χ0v) is 16.5. The summed E-state index contributed by atoms with van der Waals surface area (Å²) in [5.41, 5.74) is 3.65. The summed E-state index contributed by atoms with van der Waals surface area (Å²) in [6.07, 6.45) is 1.61. The Hall–Kier alpha value is -2.98. The molecule has 0 N–H and O–H groups in total. The standard InChI is InChI=1S/C23H20ClNO3/c1-15-5-10-20-16(2)22(28-21(20)12-15)23(26)25(14-19-4-3-11-27-19)13-17-6-8-18(24)9-7-17/h3-12H,13-14H2,1-2H3. The van der Waals surface area contributed by atoms with Gasteiger partial charge in [0.1, 0.15) is 11.3 Å². The maximum absolute atomic E-state index is 13.4. The molecule has 0 aliphatic heterocycles. The number of hydrogen-bond acceptors (Lipinski definition) is 3. The molecule has 28 heavy (non-hydrogen) atoms. The molecule has 2 aromatic heterocycles. The van der Waals surface area contributed by atoms with Gasteiger partial charge in [0.05, 0.1) is 12.8 Å². The van der Waals surface area contributed by atoms with E-state index < -0.39 is 0 Å². The molecule has 2 aromatic carbocycles. The minimum atomic E-state index is -0.169. The first-order valence-corrected chi connectivity index (χ1v) is 9.45. The minimum absolute atomic E-state index is 0.169. The molecular formula is C23H20ClNO3. The highest BCUT2D eigenvalue weighted by Crippen LogP contribution is 2.28. The summed E-state index contributed by atoms with van der Waals surface area (Å²) >= 11 is 5.99. The zero-order valence-electron chi connectivity index (χ0n) is 15.7. The summed E-state index contributed by atoms with van der Waals surface area (Å²) in [7, 11) is 0. The van der Waals surface area contributed by atoms with Gasteiger partial charge in [0.2, 0.25) is 0 Å². The van der Waals surface area contributed by atoms with Gasteiger partial charge in [0.25, 0.3) is 5.91 Å². The van der Waals surface area contributed by atoms with Crippen LogP contribution in [0, 0.1) is 13.8 Å². The fraction of sp³-hybridized carbons (Fsp3) is 0.174. The molecule has 0 spiro atoms. The maximum Gasteiger partial charge on any atom is 0.290 e. The summed E-state index contributed by atoms with van der Waals surface area (Å²) in [5, 5.41) is 1.62. The second-order valence-electron chi connectivity index (χ2n) is 6.92. The predicted molar refractivity (Wildman–Crippen MR) is 109 cm³/mol. The van der Waals surface area contributed by atoms with Crippen LogP contribution >= 0.6 is 11.6 Å². The van der Waals surface area contributed by atoms with E-state index in [1.807, 2.05) is 68.4 Å². The molecule has 0 unspecified atom stereocenters. The number of carbonyl (C=O) groups is 1. The molecule has 4 aromatic rings. The highest BCUT2D eigenvalue weighted by atomic mass is 35.5. The Labute approximate surface area is 168 Å². The molecule has 0 aliphatic carbocycles. The summed E-state index contributed by atoms with van der Waals surface area (Å²) in [5.74, 6) is 0.908. The van der Waals surface area contributed by atoms with Crippen molar-refractivity contribution in [3.63, 3.8) is 0 Å². The van der Waals surface area contributed by atoms with Crippen molar-refractivity contribution >= 4 is 28.5 Å². The quantitative estimate of drug-likeness (QED) is 0.409. The van der Waals surface area contributed by atoms with Crippen LogP contribution in [-0.2, 0) is 13.1 Å². The predicted octanol–water partition coefficient (Wildman–Crippen LogP) is 6.14. The van der Waals surface area contributed by atoms with Crippen molar-refractivity contribution in [2.75, 3.05) is 0 Å². The zero-order chi connectivity index (χ0) is 19.7. The number of halogens is 1. The van der Waals surface area contributed by atoms with Gasteiger partial charge in [-0.3, -0.25) is 4.79 Å². The van der Waals surface area contributed by atoms with E-state index in [1.165, 1.54) is 0 Å². The second-order valence-corrected chi connectivity index (χ2v) is 7.36. The summed E-state index contributed by atoms with van der Waals surface area (Å²) in [6, 6.07) is 17.1. The molecule has 4 rings (SSSR count). The smallest absolute Gasteiger partial charge is 0.290 e. The van der Waals surface area contributed by atoms with Crippen molar-refractivity contribution in [3.05, 3.63) is 94.1 Å². The number of aryl methyl sites for hydroxylation is 2. The van der Waals surface area contributed by atoms with Crippen molar-refractivity contribution in [1.29, 1.82) is 0 Å². The van der Waals surface area contributed by atoms with Crippen LogP contribution in [0.2, 0.25) is 5.02 Å². The van der Waals surface area contributed by atoms with Gasteiger partial charge >= 0.3 is 0 Å². The molecular weight excluding hydrogens is 374 g/mol. The second kappa shape index (κ2) is 7.56. The van der Waals surface area contributed by atoms with Crippen molar-refractivity contribution in [2.24, 2.45) is 0 Å². The topological polar surface area (TPSA) is 46.6 Å². The van der Waals surface area contributed by atoms with Crippen LogP contribution < -0.4 is 0 Å². The Morgan fingerprint density at radius 2 is 1.82 bits per heavy atom. The number of rotatable bonds is 5. The molecule has 0 bridgehead atoms. The van der Waals surface area contributed by atoms with Crippen LogP contribution in [0.25, 0.3) is 11.0 Å². The molecule has 0 saturated heterocycles. The largest absolute Gasteiger partial charge is 0.467 e. The molecule has 0 fully saturated rings. The average Bonchev–Trinajstić information content (AvgIpc) is 3.30. The van der Waals surface area contributed by atoms with Crippen LogP contribution in [0.5, 0.6) is 0 Å². The van der Waals surface area contributed by atoms with Gasteiger partial charge in [-0.25, -0.2) is 0 Å². The van der Waals surface area contributed by atoms with E-state index in [-0.39, 0.29) is 5.91 Å². The summed E-state index contributed by atoms with van der Waals surface area (Å²) < 4.78 is 11.4. The number of benzene rings is 2. The van der Waals surface area contributed by atoms with Gasteiger partial charge in [0.15, 0.2) is 5.76 Å². The molecule has 0 saturated carbocycles. The average molecular weight is 394 g/mol. The van der Waals surface area contributed by atoms with E-state index in [2.05, 4.69) is 0 Å². The number of nitrogens with zero attached hydrogens (tertiary/aromatic N) is 1. The summed E-state index contributed by atoms with van der Waals surface area (Å²) in [4.78, 5) is 15.1. The fourth-order valence-electron chi connectivity index (χ4n) is 3.28. The molecule has 5 heteroatoms. The van der Waals surface area contributed by atoms with Gasteiger partial charge in [-0.15, -0.1) is 0 Å². The lowest BCUT2D eigenvalue weighted by Gasteiger charge is -2.21. The third kappa shape index (κ3) is 3.69. The Morgan fingerprint density at radius 3 is 2.54 bits per heavy atom. The first-order valence-electron chi connectivity index (χ1n) is 9.07. The molecule has 2 heterocycles. The maximum atomic E-state index is 13.4. The lowest BCUT2D eigenvalue weighted by Crippen LogP contribution is -2.30. The molecule has 4 nitrogen and oxygen atoms in total. The molecule has 0 aliphatic rings. The Bertz CT molecular complexity index is 1110. The number of furan rings is 2. The Morgan fingerprint density at radius 1 is 1.04 bits per heavy atom. The first-order chi connectivity index (χ1) is 13.5. The third-order valence-corrected chi connectivity index (χ3v) is 5.04. The molecule has 142 valence electrons. The van der Waals surface area contributed by atoms with E-state index in [4.69, 9.17) is 20.4 Å². The molecule has 1 amide bonds. The molecule has 0 radical (unpaired) electrons. The van der Waals surface area contributed by atoms with Crippen LogP contribution in [-0.4, -0.2) is 10.8 Å². The Balaban J connectivity index is 1.69. The first kappa shape index (κ1) is 18.4. The van der Waals surface area contributed by atoms with E-state index in [9.17, 15) is 4.79 Å². The minimum Gasteiger partial charge on any atom is -0.467 e. The van der Waals surface area contributed by atoms with Crippen LogP contribution in [0.15, 0.2) is 69.7 Å². The van der Waals surface area contributed by atoms with Crippen molar-refractivity contribution in [3.8, 4) is 0 Å². The third-order valence-electron chi connectivity index (χ3n) is 4.79. The lowest BCUT2D eigenvalue weighted by atomic mass is 10.1. The van der Waals surface area contributed by atoms with Crippen molar-refractivity contribution < 1.29 is 13.6 Å². The highest BCUT2D eigenvalue weighted by molar-refractivity contribution is 6.30. The van der Waals surface area contributed by atoms with Crippen LogP contribution in [0.1, 0.15) is 33.0 Å². The van der Waals surface area contributed by atoms with Gasteiger partial charge in [0, 0.05) is 22.5 Å².